The van der Waals surface area contributed by atoms with Crippen molar-refractivity contribution in [3.63, 3.8) is 0 Å². The van der Waals surface area contributed by atoms with Crippen LogP contribution in [0, 0.1) is 0 Å². The summed E-state index contributed by atoms with van der Waals surface area (Å²) in [6, 6.07) is 7.93. The third-order valence-electron chi connectivity index (χ3n) is 2.49. The molecule has 6 heteroatoms. The largest absolute Gasteiger partial charge is 0.361 e. The smallest absolute Gasteiger partial charge is 0.185 e. The lowest BCUT2D eigenvalue weighted by molar-refractivity contribution is 0.841. The Morgan fingerprint density at radius 2 is 2.28 bits per heavy atom. The molecule has 2 N–H and O–H groups in total. The minimum absolute atomic E-state index is 0.624. The minimum Gasteiger partial charge on any atom is -0.361 e. The molecule has 2 aromatic rings. The maximum absolute atomic E-state index is 5.24. The molecular weight excluding hydrogens is 264 g/mol. The molecular formula is C12H16N4S2. The Morgan fingerprint density at radius 1 is 1.44 bits per heavy atom. The van der Waals surface area contributed by atoms with Crippen LogP contribution in [0.2, 0.25) is 0 Å². The van der Waals surface area contributed by atoms with Crippen LogP contribution in [0.3, 0.4) is 0 Å². The monoisotopic (exact) mass is 280 g/mol. The number of rotatable bonds is 5. The van der Waals surface area contributed by atoms with Crippen LogP contribution in [-0.4, -0.2) is 33.3 Å². The first-order valence-corrected chi connectivity index (χ1v) is 7.57. The third-order valence-corrected chi connectivity index (χ3v) is 3.42. The molecule has 96 valence electrons. The highest BCUT2D eigenvalue weighted by atomic mass is 32.2. The fourth-order valence-corrected chi connectivity index (χ4v) is 2.25. The van der Waals surface area contributed by atoms with E-state index in [9.17, 15) is 0 Å². The summed E-state index contributed by atoms with van der Waals surface area (Å²) in [5, 5.41) is 3.80. The molecule has 2 rings (SSSR count). The van der Waals surface area contributed by atoms with Crippen LogP contribution in [0.25, 0.3) is 11.0 Å². The zero-order valence-corrected chi connectivity index (χ0v) is 11.9. The predicted molar refractivity (Wildman–Crippen MR) is 82.7 cm³/mol. The van der Waals surface area contributed by atoms with E-state index in [2.05, 4.69) is 22.0 Å². The van der Waals surface area contributed by atoms with Crippen molar-refractivity contribution in [2.45, 2.75) is 6.42 Å². The number of benzene rings is 1. The average molecular weight is 280 g/mol. The molecule has 0 radical (unpaired) electrons. The minimum atomic E-state index is 0.624. The van der Waals surface area contributed by atoms with Gasteiger partial charge in [0, 0.05) is 6.54 Å². The van der Waals surface area contributed by atoms with Crippen LogP contribution in [-0.2, 0) is 0 Å². The summed E-state index contributed by atoms with van der Waals surface area (Å²) in [7, 11) is 0. The summed E-state index contributed by atoms with van der Waals surface area (Å²) < 4.78 is 1.83. The summed E-state index contributed by atoms with van der Waals surface area (Å²) in [5.41, 5.74) is 5.08. The van der Waals surface area contributed by atoms with Crippen molar-refractivity contribution in [3.8, 4) is 0 Å². The maximum atomic E-state index is 5.24. The molecule has 0 saturated heterocycles. The highest BCUT2D eigenvalue weighted by Gasteiger charge is 2.02. The maximum Gasteiger partial charge on any atom is 0.185 e. The first kappa shape index (κ1) is 13.2. The Kier molecular flexibility index (Phi) is 4.83. The molecule has 1 aromatic carbocycles. The Bertz CT molecular complexity index is 524. The van der Waals surface area contributed by atoms with Gasteiger partial charge in [-0.05, 0) is 42.8 Å². The molecule has 0 spiro atoms. The molecule has 18 heavy (non-hydrogen) atoms. The lowest BCUT2D eigenvalue weighted by Crippen LogP contribution is -2.34. The van der Waals surface area contributed by atoms with E-state index in [-0.39, 0.29) is 0 Å². The predicted octanol–water partition coefficient (Wildman–Crippen LogP) is 2.21. The van der Waals surface area contributed by atoms with Gasteiger partial charge in [0.05, 0.1) is 11.0 Å². The van der Waals surface area contributed by atoms with E-state index in [1.54, 1.807) is 6.33 Å². The Morgan fingerprint density at radius 3 is 3.11 bits per heavy atom. The van der Waals surface area contributed by atoms with Crippen LogP contribution in [0.15, 0.2) is 30.6 Å². The zero-order valence-electron chi connectivity index (χ0n) is 10.2. The molecule has 0 atom stereocenters. The van der Waals surface area contributed by atoms with Crippen molar-refractivity contribution in [2.75, 3.05) is 24.0 Å². The van der Waals surface area contributed by atoms with Crippen LogP contribution in [0.4, 0.5) is 0 Å². The third kappa shape index (κ3) is 3.36. The average Bonchev–Trinajstić information content (AvgIpc) is 2.78. The van der Waals surface area contributed by atoms with Gasteiger partial charge in [-0.3, -0.25) is 5.43 Å². The van der Waals surface area contributed by atoms with E-state index < -0.39 is 0 Å². The number of thioether (sulfide) groups is 1. The summed E-state index contributed by atoms with van der Waals surface area (Å²) in [4.78, 5) is 4.29. The number of hydrogen-bond donors (Lipinski definition) is 2. The SMILES string of the molecule is CSCCCNC(=S)Nn1cnc2ccccc21. The zero-order chi connectivity index (χ0) is 12.8. The van der Waals surface area contributed by atoms with Gasteiger partial charge in [0.2, 0.25) is 0 Å². The van der Waals surface area contributed by atoms with Gasteiger partial charge in [-0.1, -0.05) is 12.1 Å². The molecule has 0 aliphatic heterocycles. The summed E-state index contributed by atoms with van der Waals surface area (Å²) in [5.74, 6) is 1.14. The van der Waals surface area contributed by atoms with Gasteiger partial charge in [-0.15, -0.1) is 0 Å². The van der Waals surface area contributed by atoms with Crippen LogP contribution in [0.1, 0.15) is 6.42 Å². The number of fused-ring (bicyclic) bond motifs is 1. The van der Waals surface area contributed by atoms with E-state index in [0.717, 1.165) is 29.8 Å². The number of hydrogen-bond acceptors (Lipinski definition) is 3. The second-order valence-electron chi connectivity index (χ2n) is 3.82. The molecule has 4 nitrogen and oxygen atoms in total. The van der Waals surface area contributed by atoms with Crippen LogP contribution < -0.4 is 10.7 Å². The number of para-hydroxylation sites is 2. The van der Waals surface area contributed by atoms with Gasteiger partial charge < -0.3 is 5.32 Å². The molecule has 0 fully saturated rings. The molecule has 0 bridgehead atoms. The molecule has 1 heterocycles. The Balaban J connectivity index is 1.91. The first-order chi connectivity index (χ1) is 8.81. The summed E-state index contributed by atoms with van der Waals surface area (Å²) in [6.45, 7) is 0.888. The van der Waals surface area contributed by atoms with Gasteiger partial charge in [0.25, 0.3) is 0 Å². The van der Waals surface area contributed by atoms with E-state index in [0.29, 0.717) is 5.11 Å². The van der Waals surface area contributed by atoms with Crippen molar-refractivity contribution in [1.82, 2.24) is 15.0 Å². The van der Waals surface area contributed by atoms with Gasteiger partial charge in [0.15, 0.2) is 5.11 Å². The van der Waals surface area contributed by atoms with E-state index in [4.69, 9.17) is 12.2 Å². The van der Waals surface area contributed by atoms with Crippen molar-refractivity contribution >= 4 is 40.1 Å². The lowest BCUT2D eigenvalue weighted by atomic mass is 10.3. The quantitative estimate of drug-likeness (QED) is 0.649. The number of imidazole rings is 1. The van der Waals surface area contributed by atoms with Gasteiger partial charge in [0.1, 0.15) is 6.33 Å². The fraction of sp³-hybridized carbons (Fsp3) is 0.333. The van der Waals surface area contributed by atoms with Gasteiger partial charge >= 0.3 is 0 Å². The number of aromatic nitrogens is 2. The second kappa shape index (κ2) is 6.61. The van der Waals surface area contributed by atoms with E-state index in [1.165, 1.54) is 0 Å². The fourth-order valence-electron chi connectivity index (χ4n) is 1.62. The molecule has 0 amide bonds. The normalized spacial score (nSPS) is 10.5. The van der Waals surface area contributed by atoms with Gasteiger partial charge in [-0.2, -0.15) is 11.8 Å². The molecule has 0 aliphatic rings. The summed E-state index contributed by atoms with van der Waals surface area (Å²) >= 11 is 7.08. The van der Waals surface area contributed by atoms with Crippen molar-refractivity contribution < 1.29 is 0 Å². The van der Waals surface area contributed by atoms with Crippen LogP contribution in [0.5, 0.6) is 0 Å². The topological polar surface area (TPSA) is 41.9 Å². The van der Waals surface area contributed by atoms with Gasteiger partial charge in [-0.25, -0.2) is 9.66 Å². The van der Waals surface area contributed by atoms with Crippen molar-refractivity contribution in [2.24, 2.45) is 0 Å². The summed E-state index contributed by atoms with van der Waals surface area (Å²) in [6.07, 6.45) is 4.95. The molecule has 0 unspecified atom stereocenters. The number of thiocarbonyl (C=S) groups is 1. The number of nitrogens with one attached hydrogen (secondary N) is 2. The molecule has 0 aliphatic carbocycles. The second-order valence-corrected chi connectivity index (χ2v) is 5.21. The first-order valence-electron chi connectivity index (χ1n) is 5.77. The highest BCUT2D eigenvalue weighted by Crippen LogP contribution is 2.09. The lowest BCUT2D eigenvalue weighted by Gasteiger charge is -2.11. The number of nitrogens with zero attached hydrogens (tertiary/aromatic N) is 2. The Hall–Kier alpha value is -1.27. The molecule has 1 aromatic heterocycles. The standard InChI is InChI=1S/C12H16N4S2/c1-18-8-4-7-13-12(17)15-16-9-14-10-5-2-3-6-11(10)16/h2-3,5-6,9H,4,7-8H2,1H3,(H2,13,15,17). The highest BCUT2D eigenvalue weighted by molar-refractivity contribution is 7.98. The van der Waals surface area contributed by atoms with E-state index in [1.807, 2.05) is 40.7 Å². The van der Waals surface area contributed by atoms with Crippen molar-refractivity contribution in [3.05, 3.63) is 30.6 Å². The van der Waals surface area contributed by atoms with Crippen molar-refractivity contribution in [1.29, 1.82) is 0 Å². The van der Waals surface area contributed by atoms with E-state index >= 15 is 0 Å². The Labute approximate surface area is 116 Å². The van der Waals surface area contributed by atoms with Crippen LogP contribution >= 0.6 is 24.0 Å². The molecule has 0 saturated carbocycles.